The second-order valence-corrected chi connectivity index (χ2v) is 7.46. The van der Waals surface area contributed by atoms with E-state index in [0.717, 1.165) is 17.0 Å². The second-order valence-electron chi connectivity index (χ2n) is 6.39. The van der Waals surface area contributed by atoms with Gasteiger partial charge in [-0.2, -0.15) is 0 Å². The maximum Gasteiger partial charge on any atom is 0.238 e. The normalized spacial score (nSPS) is 16.0. The van der Waals surface area contributed by atoms with Crippen molar-refractivity contribution in [3.8, 4) is 23.0 Å². The van der Waals surface area contributed by atoms with E-state index in [0.29, 0.717) is 23.0 Å². The second kappa shape index (κ2) is 8.49. The number of nitrogens with zero attached hydrogens (tertiary/aromatic N) is 1. The van der Waals surface area contributed by atoms with Crippen molar-refractivity contribution in [1.82, 2.24) is 0 Å². The van der Waals surface area contributed by atoms with Gasteiger partial charge in [-0.25, -0.2) is 0 Å². The maximum atomic E-state index is 12.9. The number of methoxy groups -OCH3 is 2. The molecule has 0 radical (unpaired) electrons. The first kappa shape index (κ1) is 19.2. The Hall–Kier alpha value is -3.12. The Labute approximate surface area is 174 Å². The average molecular weight is 407 g/mol. The highest BCUT2D eigenvalue weighted by atomic mass is 32.2. The molecule has 4 rings (SSSR count). The van der Waals surface area contributed by atoms with E-state index in [1.807, 2.05) is 72.8 Å². The lowest BCUT2D eigenvalue weighted by molar-refractivity contribution is -0.115. The predicted molar refractivity (Wildman–Crippen MR) is 115 cm³/mol. The van der Waals surface area contributed by atoms with Gasteiger partial charge in [0.15, 0.2) is 17.2 Å². The summed E-state index contributed by atoms with van der Waals surface area (Å²) in [5, 5.41) is -0.243. The summed E-state index contributed by atoms with van der Waals surface area (Å²) in [5.41, 5.74) is 1.61. The molecule has 0 unspecified atom stereocenters. The van der Waals surface area contributed by atoms with E-state index in [9.17, 15) is 4.79 Å². The Morgan fingerprint density at radius 1 is 0.862 bits per heavy atom. The number of ether oxygens (including phenoxy) is 3. The van der Waals surface area contributed by atoms with E-state index in [-0.39, 0.29) is 11.3 Å². The minimum atomic E-state index is -0.243. The number of thioether (sulfide) groups is 1. The van der Waals surface area contributed by atoms with Gasteiger partial charge in [0.2, 0.25) is 5.91 Å². The van der Waals surface area contributed by atoms with E-state index in [4.69, 9.17) is 14.2 Å². The summed E-state index contributed by atoms with van der Waals surface area (Å²) in [4.78, 5) is 14.7. The van der Waals surface area contributed by atoms with Crippen molar-refractivity contribution in [1.29, 1.82) is 0 Å². The quantitative estimate of drug-likeness (QED) is 0.557. The van der Waals surface area contributed by atoms with Gasteiger partial charge in [-0.1, -0.05) is 42.5 Å². The van der Waals surface area contributed by atoms with Crippen molar-refractivity contribution in [2.24, 2.45) is 0 Å². The highest BCUT2D eigenvalue weighted by Gasteiger charge is 2.37. The van der Waals surface area contributed by atoms with Crippen LogP contribution in [0, 0.1) is 0 Å². The highest BCUT2D eigenvalue weighted by molar-refractivity contribution is 8.00. The highest BCUT2D eigenvalue weighted by Crippen LogP contribution is 2.49. The fraction of sp³-hybridized carbons (Fsp3) is 0.174. The molecule has 3 aromatic carbocycles. The predicted octanol–water partition coefficient (Wildman–Crippen LogP) is 5.27. The smallest absolute Gasteiger partial charge is 0.238 e. The standard InChI is InChI=1S/C23H21NO4S/c1-26-20-14-8-11-17(22(20)27-2)23-24(21(25)15-29-23)18-12-6-7-13-19(18)28-16-9-4-3-5-10-16/h3-14,23H,15H2,1-2H3/t23-/m1/s1. The fourth-order valence-corrected chi connectivity index (χ4v) is 4.56. The molecule has 6 heteroatoms. The maximum absolute atomic E-state index is 12.9. The van der Waals surface area contributed by atoms with E-state index in [2.05, 4.69) is 0 Å². The Bertz CT molecular complexity index is 1010. The van der Waals surface area contributed by atoms with Crippen LogP contribution in [0.15, 0.2) is 72.8 Å². The summed E-state index contributed by atoms with van der Waals surface area (Å²) in [5.74, 6) is 3.02. The largest absolute Gasteiger partial charge is 0.493 e. The van der Waals surface area contributed by atoms with Crippen molar-refractivity contribution in [2.45, 2.75) is 5.37 Å². The third-order valence-corrected chi connectivity index (χ3v) is 5.86. The molecule has 1 heterocycles. The van der Waals surface area contributed by atoms with Crippen LogP contribution in [0.2, 0.25) is 0 Å². The van der Waals surface area contributed by atoms with Gasteiger partial charge in [0, 0.05) is 5.56 Å². The molecule has 0 spiro atoms. The van der Waals surface area contributed by atoms with Gasteiger partial charge in [-0.3, -0.25) is 9.69 Å². The van der Waals surface area contributed by atoms with Gasteiger partial charge >= 0.3 is 0 Å². The summed E-state index contributed by atoms with van der Waals surface area (Å²) in [6.07, 6.45) is 0. The average Bonchev–Trinajstić information content (AvgIpc) is 3.15. The topological polar surface area (TPSA) is 48.0 Å². The SMILES string of the molecule is COc1cccc([C@H]2SCC(=O)N2c2ccccc2Oc2ccccc2)c1OC. The van der Waals surface area contributed by atoms with Crippen LogP contribution in [0.1, 0.15) is 10.9 Å². The zero-order valence-electron chi connectivity index (χ0n) is 16.2. The van der Waals surface area contributed by atoms with E-state index < -0.39 is 0 Å². The van der Waals surface area contributed by atoms with Gasteiger partial charge in [-0.15, -0.1) is 11.8 Å². The number of rotatable bonds is 6. The van der Waals surface area contributed by atoms with Gasteiger partial charge in [0.1, 0.15) is 11.1 Å². The Kier molecular flexibility index (Phi) is 5.62. The molecule has 1 aliphatic heterocycles. The van der Waals surface area contributed by atoms with Crippen LogP contribution in [-0.4, -0.2) is 25.9 Å². The molecule has 5 nitrogen and oxygen atoms in total. The summed E-state index contributed by atoms with van der Waals surface area (Å²) < 4.78 is 17.2. The van der Waals surface area contributed by atoms with Crippen molar-refractivity contribution in [2.75, 3.05) is 24.9 Å². The number of anilines is 1. The minimum Gasteiger partial charge on any atom is -0.493 e. The van der Waals surface area contributed by atoms with Crippen molar-refractivity contribution < 1.29 is 19.0 Å². The zero-order chi connectivity index (χ0) is 20.2. The van der Waals surface area contributed by atoms with Gasteiger partial charge < -0.3 is 14.2 Å². The van der Waals surface area contributed by atoms with Crippen LogP contribution in [0.25, 0.3) is 0 Å². The molecule has 0 N–H and O–H groups in total. The molecule has 1 atom stereocenters. The lowest BCUT2D eigenvalue weighted by Crippen LogP contribution is -2.28. The first-order valence-electron chi connectivity index (χ1n) is 9.19. The van der Waals surface area contributed by atoms with Gasteiger partial charge in [0.25, 0.3) is 0 Å². The summed E-state index contributed by atoms with van der Waals surface area (Å²) >= 11 is 1.56. The zero-order valence-corrected chi connectivity index (χ0v) is 17.0. The fourth-order valence-electron chi connectivity index (χ4n) is 3.38. The molecule has 29 heavy (non-hydrogen) atoms. The molecule has 0 saturated carbocycles. The Balaban J connectivity index is 1.76. The molecule has 3 aromatic rings. The van der Waals surface area contributed by atoms with Crippen LogP contribution in [-0.2, 0) is 4.79 Å². The molecular formula is C23H21NO4S. The van der Waals surface area contributed by atoms with Crippen LogP contribution in [0.5, 0.6) is 23.0 Å². The molecular weight excluding hydrogens is 386 g/mol. The number of hydrogen-bond donors (Lipinski definition) is 0. The first-order valence-corrected chi connectivity index (χ1v) is 10.2. The molecule has 0 aromatic heterocycles. The molecule has 1 fully saturated rings. The number of hydrogen-bond acceptors (Lipinski definition) is 5. The molecule has 0 bridgehead atoms. The third-order valence-electron chi connectivity index (χ3n) is 4.66. The van der Waals surface area contributed by atoms with E-state index in [1.54, 1.807) is 30.9 Å². The van der Waals surface area contributed by atoms with Crippen LogP contribution in [0.4, 0.5) is 5.69 Å². The van der Waals surface area contributed by atoms with E-state index in [1.165, 1.54) is 0 Å². The monoisotopic (exact) mass is 407 g/mol. The number of carbonyl (C=O) groups is 1. The molecule has 1 saturated heterocycles. The van der Waals surface area contributed by atoms with Crippen LogP contribution in [0.3, 0.4) is 0 Å². The van der Waals surface area contributed by atoms with E-state index >= 15 is 0 Å². The molecule has 1 amide bonds. The van der Waals surface area contributed by atoms with Crippen molar-refractivity contribution in [3.05, 3.63) is 78.4 Å². The van der Waals surface area contributed by atoms with Crippen LogP contribution < -0.4 is 19.1 Å². The van der Waals surface area contributed by atoms with Gasteiger partial charge in [-0.05, 0) is 30.3 Å². The van der Waals surface area contributed by atoms with Crippen molar-refractivity contribution in [3.63, 3.8) is 0 Å². The lowest BCUT2D eigenvalue weighted by Gasteiger charge is -2.27. The number of carbonyl (C=O) groups excluding carboxylic acids is 1. The minimum absolute atomic E-state index is 0.0222. The third kappa shape index (κ3) is 3.76. The lowest BCUT2D eigenvalue weighted by atomic mass is 10.1. The summed E-state index contributed by atoms with van der Waals surface area (Å²) in [6.45, 7) is 0. The molecule has 148 valence electrons. The first-order chi connectivity index (χ1) is 14.2. The summed E-state index contributed by atoms with van der Waals surface area (Å²) in [7, 11) is 3.22. The number of para-hydroxylation sites is 4. The van der Waals surface area contributed by atoms with Crippen molar-refractivity contribution >= 4 is 23.4 Å². The Morgan fingerprint density at radius 2 is 1.59 bits per heavy atom. The summed E-state index contributed by atoms with van der Waals surface area (Å²) in [6, 6.07) is 22.8. The molecule has 0 aliphatic carbocycles. The molecule has 1 aliphatic rings. The Morgan fingerprint density at radius 3 is 2.34 bits per heavy atom. The van der Waals surface area contributed by atoms with Crippen LogP contribution >= 0.6 is 11.8 Å². The van der Waals surface area contributed by atoms with Gasteiger partial charge in [0.05, 0.1) is 25.7 Å². The number of benzene rings is 3. The number of amides is 1.